The zero-order chi connectivity index (χ0) is 21.5. The third-order valence-electron chi connectivity index (χ3n) is 4.15. The van der Waals surface area contributed by atoms with Gasteiger partial charge in [-0.2, -0.15) is 0 Å². The maximum absolute atomic E-state index is 14.3. The highest BCUT2D eigenvalue weighted by Crippen LogP contribution is 2.34. The Bertz CT molecular complexity index is 1050. The molecule has 0 spiro atoms. The van der Waals surface area contributed by atoms with E-state index in [1.165, 1.54) is 31.6 Å². The van der Waals surface area contributed by atoms with Crippen LogP contribution in [0.5, 0.6) is 0 Å². The number of thiophene rings is 1. The van der Waals surface area contributed by atoms with Crippen LogP contribution in [0.2, 0.25) is 0 Å². The number of ether oxygens (including phenoxy) is 3. The Labute approximate surface area is 176 Å². The lowest BCUT2D eigenvalue weighted by atomic mass is 10.1. The van der Waals surface area contributed by atoms with Gasteiger partial charge >= 0.3 is 6.09 Å². The molecule has 1 heterocycles. The minimum atomic E-state index is -0.627. The summed E-state index contributed by atoms with van der Waals surface area (Å²) in [4.78, 5) is 25.0. The fourth-order valence-corrected chi connectivity index (χ4v) is 3.98. The monoisotopic (exact) mass is 432 g/mol. The van der Waals surface area contributed by atoms with Crippen molar-refractivity contribution in [3.8, 4) is 0 Å². The minimum Gasteiger partial charge on any atom is -0.447 e. The van der Waals surface area contributed by atoms with Crippen LogP contribution in [0.1, 0.15) is 15.2 Å². The van der Waals surface area contributed by atoms with Crippen LogP contribution in [0.25, 0.3) is 10.1 Å². The van der Waals surface area contributed by atoms with Gasteiger partial charge in [0.05, 0.1) is 18.1 Å². The van der Waals surface area contributed by atoms with Crippen molar-refractivity contribution >= 4 is 44.8 Å². The first-order valence-corrected chi connectivity index (χ1v) is 9.88. The SMILES string of the molecule is COCCOC(=O)Nc1cccc(NC(=O)c2sc3cccc(F)c3c2COC)c1. The van der Waals surface area contributed by atoms with Crippen molar-refractivity contribution < 1.29 is 28.2 Å². The van der Waals surface area contributed by atoms with Crippen molar-refractivity contribution in [3.05, 3.63) is 58.7 Å². The van der Waals surface area contributed by atoms with Crippen LogP contribution in [0.4, 0.5) is 20.6 Å². The normalized spacial score (nSPS) is 10.8. The molecule has 0 aliphatic rings. The molecule has 2 aromatic carbocycles. The van der Waals surface area contributed by atoms with Gasteiger partial charge < -0.3 is 19.5 Å². The van der Waals surface area contributed by atoms with E-state index >= 15 is 0 Å². The van der Waals surface area contributed by atoms with Gasteiger partial charge in [0, 0.05) is 41.2 Å². The number of fused-ring (bicyclic) bond motifs is 1. The van der Waals surface area contributed by atoms with E-state index in [2.05, 4.69) is 10.6 Å². The van der Waals surface area contributed by atoms with E-state index < -0.39 is 11.9 Å². The topological polar surface area (TPSA) is 85.9 Å². The van der Waals surface area contributed by atoms with Gasteiger partial charge in [-0.15, -0.1) is 11.3 Å². The molecule has 3 rings (SSSR count). The molecular formula is C21H21FN2O5S. The molecule has 30 heavy (non-hydrogen) atoms. The molecule has 2 N–H and O–H groups in total. The molecule has 0 radical (unpaired) electrons. The van der Waals surface area contributed by atoms with E-state index in [0.717, 1.165) is 0 Å². The molecule has 0 saturated carbocycles. The molecule has 0 saturated heterocycles. The van der Waals surface area contributed by atoms with Gasteiger partial charge in [0.2, 0.25) is 0 Å². The molecule has 158 valence electrons. The van der Waals surface area contributed by atoms with Crippen molar-refractivity contribution in [2.45, 2.75) is 6.61 Å². The molecular weight excluding hydrogens is 411 g/mol. The van der Waals surface area contributed by atoms with Crippen molar-refractivity contribution in [3.63, 3.8) is 0 Å². The summed E-state index contributed by atoms with van der Waals surface area (Å²) < 4.78 is 29.9. The van der Waals surface area contributed by atoms with E-state index in [0.29, 0.717) is 38.5 Å². The molecule has 0 unspecified atom stereocenters. The quantitative estimate of drug-likeness (QED) is 0.507. The Morgan fingerprint density at radius 1 is 1.00 bits per heavy atom. The summed E-state index contributed by atoms with van der Waals surface area (Å²) in [5, 5.41) is 5.76. The van der Waals surface area contributed by atoms with Crippen LogP contribution in [0.3, 0.4) is 0 Å². The Morgan fingerprint density at radius 3 is 2.47 bits per heavy atom. The number of nitrogens with one attached hydrogen (secondary N) is 2. The van der Waals surface area contributed by atoms with E-state index in [-0.39, 0.29) is 19.1 Å². The molecule has 1 aromatic heterocycles. The lowest BCUT2D eigenvalue weighted by Crippen LogP contribution is -2.17. The van der Waals surface area contributed by atoms with Gasteiger partial charge in [-0.05, 0) is 30.3 Å². The molecule has 0 bridgehead atoms. The largest absolute Gasteiger partial charge is 0.447 e. The van der Waals surface area contributed by atoms with Gasteiger partial charge in [-0.25, -0.2) is 9.18 Å². The highest BCUT2D eigenvalue weighted by molar-refractivity contribution is 7.21. The predicted octanol–water partition coefficient (Wildman–Crippen LogP) is 4.63. The lowest BCUT2D eigenvalue weighted by molar-refractivity contribution is 0.102. The summed E-state index contributed by atoms with van der Waals surface area (Å²) in [6.45, 7) is 0.533. The van der Waals surface area contributed by atoms with Gasteiger partial charge in [0.25, 0.3) is 5.91 Å². The molecule has 0 aliphatic carbocycles. The number of hydrogen-bond acceptors (Lipinski definition) is 6. The summed E-state index contributed by atoms with van der Waals surface area (Å²) in [6, 6.07) is 11.4. The Kier molecular flexibility index (Phi) is 7.34. The van der Waals surface area contributed by atoms with E-state index in [9.17, 15) is 14.0 Å². The average Bonchev–Trinajstić information content (AvgIpc) is 3.09. The number of methoxy groups -OCH3 is 2. The molecule has 0 atom stereocenters. The second-order valence-corrected chi connectivity index (χ2v) is 7.30. The number of rotatable bonds is 8. The van der Waals surface area contributed by atoms with Gasteiger partial charge in [0.1, 0.15) is 12.4 Å². The third-order valence-corrected chi connectivity index (χ3v) is 5.34. The summed E-state index contributed by atoms with van der Waals surface area (Å²) >= 11 is 1.20. The second-order valence-electron chi connectivity index (χ2n) is 6.24. The number of amides is 2. The highest BCUT2D eigenvalue weighted by atomic mass is 32.1. The van der Waals surface area contributed by atoms with Crippen LogP contribution >= 0.6 is 11.3 Å². The highest BCUT2D eigenvalue weighted by Gasteiger charge is 2.21. The minimum absolute atomic E-state index is 0.110. The van der Waals surface area contributed by atoms with Crippen LogP contribution in [-0.4, -0.2) is 39.4 Å². The zero-order valence-corrected chi connectivity index (χ0v) is 17.3. The van der Waals surface area contributed by atoms with Gasteiger partial charge in [0.15, 0.2) is 0 Å². The van der Waals surface area contributed by atoms with E-state index in [1.807, 2.05) is 0 Å². The van der Waals surface area contributed by atoms with Crippen molar-refractivity contribution in [1.82, 2.24) is 0 Å². The summed E-state index contributed by atoms with van der Waals surface area (Å²) in [6.07, 6.45) is -0.627. The number of carbonyl (C=O) groups is 2. The van der Waals surface area contributed by atoms with Crippen molar-refractivity contribution in [1.29, 1.82) is 0 Å². The summed E-state index contributed by atoms with van der Waals surface area (Å²) in [5.41, 5.74) is 1.43. The molecule has 9 heteroatoms. The fraction of sp³-hybridized carbons (Fsp3) is 0.238. The Hall–Kier alpha value is -3.01. The molecule has 0 fully saturated rings. The number of hydrogen-bond donors (Lipinski definition) is 2. The van der Waals surface area contributed by atoms with Crippen LogP contribution < -0.4 is 10.6 Å². The van der Waals surface area contributed by atoms with E-state index in [1.54, 1.807) is 36.4 Å². The summed E-state index contributed by atoms with van der Waals surface area (Å²) in [7, 11) is 3.00. The smallest absolute Gasteiger partial charge is 0.411 e. The maximum atomic E-state index is 14.3. The van der Waals surface area contributed by atoms with E-state index in [4.69, 9.17) is 14.2 Å². The third kappa shape index (κ3) is 5.12. The molecule has 0 aliphatic heterocycles. The van der Waals surface area contributed by atoms with Crippen LogP contribution in [0, 0.1) is 5.82 Å². The zero-order valence-electron chi connectivity index (χ0n) is 16.5. The fourth-order valence-electron chi connectivity index (χ4n) is 2.87. The molecule has 7 nitrogen and oxygen atoms in total. The average molecular weight is 432 g/mol. The van der Waals surface area contributed by atoms with Crippen molar-refractivity contribution in [2.75, 3.05) is 38.1 Å². The Morgan fingerprint density at radius 2 is 1.73 bits per heavy atom. The Balaban J connectivity index is 1.77. The van der Waals surface area contributed by atoms with Gasteiger partial charge in [-0.1, -0.05) is 12.1 Å². The number of benzene rings is 2. The summed E-state index contributed by atoms with van der Waals surface area (Å²) in [5.74, 6) is -0.782. The standard InChI is InChI=1S/C21H21FN2O5S/c1-27-9-10-29-21(26)24-14-6-3-5-13(11-14)23-20(25)19-15(12-28-2)18-16(22)7-4-8-17(18)30-19/h3-8,11H,9-10,12H2,1-2H3,(H,23,25)(H,24,26). The number of halogens is 1. The number of anilines is 2. The predicted molar refractivity (Wildman–Crippen MR) is 114 cm³/mol. The number of carbonyl (C=O) groups excluding carboxylic acids is 2. The second kappa shape index (κ2) is 10.1. The lowest BCUT2D eigenvalue weighted by Gasteiger charge is -2.10. The maximum Gasteiger partial charge on any atom is 0.411 e. The first-order chi connectivity index (χ1) is 14.5. The van der Waals surface area contributed by atoms with Gasteiger partial charge in [-0.3, -0.25) is 10.1 Å². The first kappa shape index (κ1) is 21.7. The molecule has 2 amide bonds. The van der Waals surface area contributed by atoms with Crippen LogP contribution in [-0.2, 0) is 20.8 Å². The first-order valence-electron chi connectivity index (χ1n) is 9.06. The van der Waals surface area contributed by atoms with Crippen LogP contribution in [0.15, 0.2) is 42.5 Å². The molecule has 3 aromatic rings. The van der Waals surface area contributed by atoms with Crippen molar-refractivity contribution in [2.24, 2.45) is 0 Å².